The van der Waals surface area contributed by atoms with Gasteiger partial charge in [-0.15, -0.1) is 0 Å². The number of piperazine rings is 1. The van der Waals surface area contributed by atoms with Gasteiger partial charge in [0.2, 0.25) is 0 Å². The number of carbonyl (C=O) groups is 1. The van der Waals surface area contributed by atoms with Gasteiger partial charge in [-0.2, -0.15) is 0 Å². The van der Waals surface area contributed by atoms with Crippen molar-refractivity contribution >= 4 is 28.9 Å². The molecule has 1 N–H and O–H groups in total. The lowest BCUT2D eigenvalue weighted by Crippen LogP contribution is -2.48. The molecule has 7 nitrogen and oxygen atoms in total. The lowest BCUT2D eigenvalue weighted by molar-refractivity contribution is -0.384. The molecule has 1 fully saturated rings. The van der Waals surface area contributed by atoms with Crippen molar-refractivity contribution in [1.82, 2.24) is 10.2 Å². The molecule has 0 unspecified atom stereocenters. The van der Waals surface area contributed by atoms with Crippen LogP contribution in [0.15, 0.2) is 42.5 Å². The summed E-state index contributed by atoms with van der Waals surface area (Å²) in [6.07, 6.45) is 0. The Bertz CT molecular complexity index is 855. The highest BCUT2D eigenvalue weighted by Crippen LogP contribution is 2.25. The number of hydrogen-bond donors (Lipinski definition) is 1. The molecule has 2 aromatic rings. The summed E-state index contributed by atoms with van der Waals surface area (Å²) in [5.41, 5.74) is 0.919. The average Bonchev–Trinajstić information content (AvgIpc) is 2.69. The summed E-state index contributed by atoms with van der Waals surface area (Å²) in [4.78, 5) is 26.9. The van der Waals surface area contributed by atoms with E-state index in [-0.39, 0.29) is 28.0 Å². The second-order valence-electron chi connectivity index (χ2n) is 6.48. The SMILES string of the molecule is O=C(NCCN1CCN(c2ccc(F)cc2)CC1)c1ccc(Cl)c([N+](=O)[O-])c1. The molecule has 0 aromatic heterocycles. The number of nitrogens with one attached hydrogen (secondary N) is 1. The van der Waals surface area contributed by atoms with Gasteiger partial charge in [0.05, 0.1) is 4.92 Å². The van der Waals surface area contributed by atoms with Crippen molar-refractivity contribution in [2.75, 3.05) is 44.2 Å². The summed E-state index contributed by atoms with van der Waals surface area (Å²) in [6, 6.07) is 10.5. The molecule has 0 bridgehead atoms. The largest absolute Gasteiger partial charge is 0.369 e. The van der Waals surface area contributed by atoms with Crippen LogP contribution < -0.4 is 10.2 Å². The summed E-state index contributed by atoms with van der Waals surface area (Å²) in [6.45, 7) is 4.43. The van der Waals surface area contributed by atoms with E-state index in [0.717, 1.165) is 31.9 Å². The molecule has 1 aliphatic heterocycles. The summed E-state index contributed by atoms with van der Waals surface area (Å²) >= 11 is 5.76. The summed E-state index contributed by atoms with van der Waals surface area (Å²) < 4.78 is 13.0. The van der Waals surface area contributed by atoms with Crippen LogP contribution in [-0.2, 0) is 0 Å². The first-order valence-electron chi connectivity index (χ1n) is 8.89. The Balaban J connectivity index is 1.44. The van der Waals surface area contributed by atoms with E-state index in [0.29, 0.717) is 13.1 Å². The van der Waals surface area contributed by atoms with Crippen LogP contribution in [0.1, 0.15) is 10.4 Å². The zero-order chi connectivity index (χ0) is 20.1. The smallest absolute Gasteiger partial charge is 0.288 e. The zero-order valence-corrected chi connectivity index (χ0v) is 15.9. The van der Waals surface area contributed by atoms with Gasteiger partial charge in [0, 0.05) is 56.6 Å². The van der Waals surface area contributed by atoms with Crippen molar-refractivity contribution in [2.45, 2.75) is 0 Å². The predicted octanol–water partition coefficient (Wildman–Crippen LogP) is 2.94. The van der Waals surface area contributed by atoms with Gasteiger partial charge in [-0.1, -0.05) is 11.6 Å². The third-order valence-electron chi connectivity index (χ3n) is 4.68. The third-order valence-corrected chi connectivity index (χ3v) is 5.00. The summed E-state index contributed by atoms with van der Waals surface area (Å²) in [5, 5.41) is 13.7. The van der Waals surface area contributed by atoms with Crippen LogP contribution in [0.3, 0.4) is 0 Å². The van der Waals surface area contributed by atoms with Crippen molar-refractivity contribution < 1.29 is 14.1 Å². The normalized spacial score (nSPS) is 14.7. The number of halogens is 2. The van der Waals surface area contributed by atoms with Gasteiger partial charge in [0.25, 0.3) is 11.6 Å². The molecule has 28 heavy (non-hydrogen) atoms. The predicted molar refractivity (Wildman–Crippen MR) is 105 cm³/mol. The fourth-order valence-electron chi connectivity index (χ4n) is 3.11. The second-order valence-corrected chi connectivity index (χ2v) is 6.89. The highest BCUT2D eigenvalue weighted by atomic mass is 35.5. The van der Waals surface area contributed by atoms with Gasteiger partial charge in [0.1, 0.15) is 10.8 Å². The highest BCUT2D eigenvalue weighted by Gasteiger charge is 2.18. The first-order valence-corrected chi connectivity index (χ1v) is 9.27. The molecular weight excluding hydrogens is 387 g/mol. The molecule has 1 aliphatic rings. The van der Waals surface area contributed by atoms with Gasteiger partial charge >= 0.3 is 0 Å². The van der Waals surface area contributed by atoms with Gasteiger partial charge in [-0.05, 0) is 36.4 Å². The molecule has 0 radical (unpaired) electrons. The Hall–Kier alpha value is -2.71. The van der Waals surface area contributed by atoms with Gasteiger partial charge in [-0.3, -0.25) is 19.8 Å². The Kier molecular flexibility index (Phi) is 6.43. The molecular formula is C19H20ClFN4O3. The Morgan fingerprint density at radius 1 is 1.14 bits per heavy atom. The number of anilines is 1. The van der Waals surface area contributed by atoms with E-state index < -0.39 is 4.92 Å². The van der Waals surface area contributed by atoms with Gasteiger partial charge in [-0.25, -0.2) is 4.39 Å². The molecule has 0 atom stereocenters. The number of hydrogen-bond acceptors (Lipinski definition) is 5. The van der Waals surface area contributed by atoms with Crippen LogP contribution in [-0.4, -0.2) is 55.0 Å². The van der Waals surface area contributed by atoms with Crippen molar-refractivity contribution in [2.24, 2.45) is 0 Å². The Labute approximate surface area is 166 Å². The number of rotatable bonds is 6. The molecule has 148 valence electrons. The fourth-order valence-corrected chi connectivity index (χ4v) is 3.29. The van der Waals surface area contributed by atoms with Crippen molar-refractivity contribution in [3.05, 3.63) is 69.0 Å². The number of nitro groups is 1. The van der Waals surface area contributed by atoms with E-state index in [1.54, 1.807) is 12.1 Å². The minimum Gasteiger partial charge on any atom is -0.369 e. The monoisotopic (exact) mass is 406 g/mol. The maximum absolute atomic E-state index is 13.0. The maximum Gasteiger partial charge on any atom is 0.288 e. The Morgan fingerprint density at radius 2 is 1.82 bits per heavy atom. The minimum absolute atomic E-state index is 0.000533. The first-order chi connectivity index (χ1) is 13.4. The molecule has 9 heteroatoms. The molecule has 1 amide bonds. The fraction of sp³-hybridized carbons (Fsp3) is 0.316. The number of nitrogens with zero attached hydrogens (tertiary/aromatic N) is 3. The molecule has 0 aliphatic carbocycles. The number of benzene rings is 2. The average molecular weight is 407 g/mol. The first kappa shape index (κ1) is 20.0. The highest BCUT2D eigenvalue weighted by molar-refractivity contribution is 6.32. The van der Waals surface area contributed by atoms with E-state index in [1.807, 2.05) is 0 Å². The lowest BCUT2D eigenvalue weighted by atomic mass is 10.2. The molecule has 1 saturated heterocycles. The number of nitro benzene ring substituents is 1. The topological polar surface area (TPSA) is 78.7 Å². The molecule has 0 spiro atoms. The van der Waals surface area contributed by atoms with E-state index in [4.69, 9.17) is 11.6 Å². The number of amides is 1. The van der Waals surface area contributed by atoms with Crippen LogP contribution >= 0.6 is 11.6 Å². The van der Waals surface area contributed by atoms with Crippen LogP contribution in [0.25, 0.3) is 0 Å². The van der Waals surface area contributed by atoms with Crippen LogP contribution in [0.2, 0.25) is 5.02 Å². The van der Waals surface area contributed by atoms with E-state index in [2.05, 4.69) is 15.1 Å². The lowest BCUT2D eigenvalue weighted by Gasteiger charge is -2.36. The maximum atomic E-state index is 13.0. The second kappa shape index (κ2) is 8.99. The van der Waals surface area contributed by atoms with Crippen LogP contribution in [0.4, 0.5) is 15.8 Å². The van der Waals surface area contributed by atoms with Crippen molar-refractivity contribution in [3.8, 4) is 0 Å². The number of carbonyl (C=O) groups excluding carboxylic acids is 1. The third kappa shape index (κ3) is 4.96. The van der Waals surface area contributed by atoms with Crippen molar-refractivity contribution in [1.29, 1.82) is 0 Å². The van der Waals surface area contributed by atoms with E-state index in [1.165, 1.54) is 30.3 Å². The van der Waals surface area contributed by atoms with E-state index >= 15 is 0 Å². The summed E-state index contributed by atoms with van der Waals surface area (Å²) in [7, 11) is 0. The van der Waals surface area contributed by atoms with Crippen molar-refractivity contribution in [3.63, 3.8) is 0 Å². The molecule has 1 heterocycles. The molecule has 0 saturated carbocycles. The molecule has 3 rings (SSSR count). The standard InChI is InChI=1S/C19H20ClFN4O3/c20-17-6-1-14(13-18(17)25(27)28)19(26)22-7-8-23-9-11-24(12-10-23)16-4-2-15(21)3-5-16/h1-6,13H,7-12H2,(H,22,26). The van der Waals surface area contributed by atoms with Gasteiger partial charge in [0.15, 0.2) is 0 Å². The Morgan fingerprint density at radius 3 is 2.46 bits per heavy atom. The van der Waals surface area contributed by atoms with E-state index in [9.17, 15) is 19.3 Å². The summed E-state index contributed by atoms with van der Waals surface area (Å²) in [5.74, 6) is -0.617. The minimum atomic E-state index is -0.611. The van der Waals surface area contributed by atoms with Crippen LogP contribution in [0.5, 0.6) is 0 Å². The molecule has 2 aromatic carbocycles. The quantitative estimate of drug-likeness (QED) is 0.589. The van der Waals surface area contributed by atoms with Crippen LogP contribution in [0, 0.1) is 15.9 Å². The van der Waals surface area contributed by atoms with Gasteiger partial charge < -0.3 is 10.2 Å². The zero-order valence-electron chi connectivity index (χ0n) is 15.1.